The highest BCUT2D eigenvalue weighted by molar-refractivity contribution is 7.92. The topological polar surface area (TPSA) is 123 Å². The first-order valence-electron chi connectivity index (χ1n) is 11.2. The van der Waals surface area contributed by atoms with Crippen LogP contribution >= 0.6 is 11.3 Å². The molecule has 0 aliphatic heterocycles. The highest BCUT2D eigenvalue weighted by Crippen LogP contribution is 2.42. The van der Waals surface area contributed by atoms with Gasteiger partial charge < -0.3 is 15.2 Å². The molecule has 2 N–H and O–H groups in total. The first kappa shape index (κ1) is 23.7. The number of carbonyl (C=O) groups is 2. The van der Waals surface area contributed by atoms with E-state index in [4.69, 9.17) is 4.74 Å². The van der Waals surface area contributed by atoms with Crippen molar-refractivity contribution in [3.05, 3.63) is 35.0 Å². The number of aromatic carboxylic acids is 1. The molecule has 0 saturated heterocycles. The van der Waals surface area contributed by atoms with Crippen molar-refractivity contribution in [1.82, 2.24) is 10.3 Å². The molecule has 2 aliphatic carbocycles. The van der Waals surface area contributed by atoms with Crippen LogP contribution in [0.25, 0.3) is 10.4 Å². The molecule has 2 fully saturated rings. The van der Waals surface area contributed by atoms with Crippen molar-refractivity contribution < 1.29 is 27.9 Å². The van der Waals surface area contributed by atoms with Crippen molar-refractivity contribution in [3.8, 4) is 10.4 Å². The van der Waals surface area contributed by atoms with Crippen molar-refractivity contribution in [2.45, 2.75) is 80.6 Å². The van der Waals surface area contributed by atoms with E-state index in [1.165, 1.54) is 23.5 Å². The third kappa shape index (κ3) is 5.38. The van der Waals surface area contributed by atoms with Crippen LogP contribution in [0.4, 0.5) is 4.79 Å². The zero-order valence-corrected chi connectivity index (χ0v) is 20.2. The molecule has 1 aromatic heterocycles. The van der Waals surface area contributed by atoms with E-state index in [0.29, 0.717) is 18.4 Å². The predicted molar refractivity (Wildman–Crippen MR) is 124 cm³/mol. The summed E-state index contributed by atoms with van der Waals surface area (Å²) in [4.78, 5) is 28.6. The number of sulfone groups is 1. The van der Waals surface area contributed by atoms with Crippen LogP contribution in [-0.4, -0.2) is 48.0 Å². The van der Waals surface area contributed by atoms with E-state index in [0.717, 1.165) is 35.6 Å². The van der Waals surface area contributed by atoms with Crippen LogP contribution in [0.3, 0.4) is 0 Å². The van der Waals surface area contributed by atoms with Gasteiger partial charge in [-0.1, -0.05) is 6.07 Å². The van der Waals surface area contributed by atoms with Crippen molar-refractivity contribution in [3.63, 3.8) is 0 Å². The molecule has 2 saturated carbocycles. The molecule has 4 rings (SSSR count). The summed E-state index contributed by atoms with van der Waals surface area (Å²) in [5.74, 6) is -0.911. The summed E-state index contributed by atoms with van der Waals surface area (Å²) in [6, 6.07) is 4.37. The summed E-state index contributed by atoms with van der Waals surface area (Å²) in [5, 5.41) is 12.8. The Balaban J connectivity index is 1.50. The molecule has 0 bridgehead atoms. The van der Waals surface area contributed by atoms with E-state index in [1.807, 2.05) is 13.8 Å². The molecule has 0 spiro atoms. The number of rotatable bonds is 7. The lowest BCUT2D eigenvalue weighted by molar-refractivity contribution is 0.0696. The fourth-order valence-electron chi connectivity index (χ4n) is 4.15. The Morgan fingerprint density at radius 2 is 1.85 bits per heavy atom. The fraction of sp³-hybridized carbons (Fsp3) is 0.522. The zero-order chi connectivity index (χ0) is 23.8. The largest absolute Gasteiger partial charge is 0.478 e. The van der Waals surface area contributed by atoms with Crippen molar-refractivity contribution in [2.24, 2.45) is 0 Å². The smallest absolute Gasteiger partial charge is 0.407 e. The molecule has 1 amide bonds. The molecule has 8 nitrogen and oxygen atoms in total. The van der Waals surface area contributed by atoms with Gasteiger partial charge in [0.15, 0.2) is 9.84 Å². The maximum Gasteiger partial charge on any atom is 0.407 e. The third-order valence-corrected chi connectivity index (χ3v) is 9.52. The van der Waals surface area contributed by atoms with Gasteiger partial charge in [0.05, 0.1) is 31.7 Å². The van der Waals surface area contributed by atoms with Gasteiger partial charge in [0.1, 0.15) is 0 Å². The number of hydrogen-bond acceptors (Lipinski definition) is 7. The number of amides is 1. The lowest BCUT2D eigenvalue weighted by atomic mass is 9.86. The fourth-order valence-corrected chi connectivity index (χ4v) is 7.24. The summed E-state index contributed by atoms with van der Waals surface area (Å²) in [5.41, 5.74) is 0.479. The molecule has 178 valence electrons. The number of aromatic nitrogens is 1. The number of benzene rings is 1. The molecule has 0 unspecified atom stereocenters. The average Bonchev–Trinajstić information content (AvgIpc) is 3.52. The quantitative estimate of drug-likeness (QED) is 0.579. The SMILES string of the molecule is CC(C)OC(=O)N[C@H]1CC[C@H](c2ncc(-c3ccc(C(=O)O)cc3S(=O)(=O)C3CC3)s2)CC1. The minimum Gasteiger partial charge on any atom is -0.478 e. The molecular formula is C23H28N2O6S2. The second-order valence-corrected chi connectivity index (χ2v) is 12.2. The normalized spacial score (nSPS) is 21.1. The monoisotopic (exact) mass is 492 g/mol. The van der Waals surface area contributed by atoms with Gasteiger partial charge in [-0.2, -0.15) is 0 Å². The summed E-state index contributed by atoms with van der Waals surface area (Å²) in [6.07, 6.45) is 5.72. The van der Waals surface area contributed by atoms with Crippen molar-refractivity contribution in [1.29, 1.82) is 0 Å². The standard InChI is InChI=1S/C23H28N2O6S2/c1-13(2)31-23(28)25-16-6-3-14(4-7-16)21-24-12-19(32-21)18-10-5-15(22(26)27)11-20(18)33(29,30)17-8-9-17/h5,10-14,16-17H,3-4,6-9H2,1-2H3,(H,25,28)(H,26,27)/t14-,16-. The van der Waals surface area contributed by atoms with Gasteiger partial charge in [0, 0.05) is 23.7 Å². The molecular weight excluding hydrogens is 464 g/mol. The number of hydrogen-bond donors (Lipinski definition) is 2. The Kier molecular flexibility index (Phi) is 6.76. The summed E-state index contributed by atoms with van der Waals surface area (Å²) < 4.78 is 31.2. The van der Waals surface area contributed by atoms with Gasteiger partial charge in [-0.25, -0.2) is 23.0 Å². The first-order chi connectivity index (χ1) is 15.6. The minimum atomic E-state index is -3.58. The van der Waals surface area contributed by atoms with E-state index in [-0.39, 0.29) is 34.6 Å². The first-order valence-corrected chi connectivity index (χ1v) is 13.6. The number of thiazole rings is 1. The minimum absolute atomic E-state index is 0.0375. The van der Waals surface area contributed by atoms with Gasteiger partial charge in [0.2, 0.25) is 0 Å². The van der Waals surface area contributed by atoms with Gasteiger partial charge in [-0.3, -0.25) is 0 Å². The predicted octanol–water partition coefficient (Wildman–Crippen LogP) is 4.61. The second-order valence-electron chi connectivity index (χ2n) is 8.97. The molecule has 0 atom stereocenters. The lowest BCUT2D eigenvalue weighted by Crippen LogP contribution is -2.38. The molecule has 33 heavy (non-hydrogen) atoms. The van der Waals surface area contributed by atoms with E-state index in [9.17, 15) is 23.1 Å². The van der Waals surface area contributed by atoms with Crippen LogP contribution in [0.15, 0.2) is 29.3 Å². The number of carbonyl (C=O) groups excluding carboxylic acids is 1. The molecule has 2 aromatic rings. The number of alkyl carbamates (subject to hydrolysis) is 1. The Bertz CT molecular complexity index is 1150. The summed E-state index contributed by atoms with van der Waals surface area (Å²) in [6.45, 7) is 3.63. The van der Waals surface area contributed by atoms with Crippen LogP contribution in [-0.2, 0) is 14.6 Å². The average molecular weight is 493 g/mol. The van der Waals surface area contributed by atoms with E-state index in [2.05, 4.69) is 10.3 Å². The van der Waals surface area contributed by atoms with Crippen LogP contribution < -0.4 is 5.32 Å². The van der Waals surface area contributed by atoms with Crippen LogP contribution in [0.1, 0.15) is 73.7 Å². The van der Waals surface area contributed by atoms with Crippen molar-refractivity contribution >= 4 is 33.2 Å². The molecule has 1 aromatic carbocycles. The Labute approximate surface area is 197 Å². The van der Waals surface area contributed by atoms with E-state index in [1.54, 1.807) is 12.3 Å². The van der Waals surface area contributed by atoms with E-state index < -0.39 is 21.1 Å². The maximum atomic E-state index is 13.0. The Hall–Kier alpha value is -2.46. The number of nitrogens with one attached hydrogen (secondary N) is 1. The van der Waals surface area contributed by atoms with Gasteiger partial charge in [0.25, 0.3) is 0 Å². The highest BCUT2D eigenvalue weighted by atomic mass is 32.2. The lowest BCUT2D eigenvalue weighted by Gasteiger charge is -2.28. The number of nitrogens with zero attached hydrogens (tertiary/aromatic N) is 1. The van der Waals surface area contributed by atoms with E-state index >= 15 is 0 Å². The third-order valence-electron chi connectivity index (χ3n) is 6.03. The summed E-state index contributed by atoms with van der Waals surface area (Å²) >= 11 is 1.46. The van der Waals surface area contributed by atoms with Gasteiger partial charge in [-0.05, 0) is 64.5 Å². The zero-order valence-electron chi connectivity index (χ0n) is 18.6. The van der Waals surface area contributed by atoms with Crippen LogP contribution in [0.2, 0.25) is 0 Å². The molecule has 10 heteroatoms. The second kappa shape index (κ2) is 9.42. The van der Waals surface area contributed by atoms with Crippen LogP contribution in [0, 0.1) is 0 Å². The molecule has 0 radical (unpaired) electrons. The Morgan fingerprint density at radius 3 is 2.45 bits per heavy atom. The summed E-state index contributed by atoms with van der Waals surface area (Å²) in [7, 11) is -3.58. The van der Waals surface area contributed by atoms with Gasteiger partial charge in [-0.15, -0.1) is 11.3 Å². The maximum absolute atomic E-state index is 13.0. The number of carboxylic acids is 1. The number of carboxylic acid groups (broad SMARTS) is 1. The van der Waals surface area contributed by atoms with Crippen molar-refractivity contribution in [2.75, 3.05) is 0 Å². The van der Waals surface area contributed by atoms with Crippen LogP contribution in [0.5, 0.6) is 0 Å². The van der Waals surface area contributed by atoms with Gasteiger partial charge >= 0.3 is 12.1 Å². The number of ether oxygens (including phenoxy) is 1. The Morgan fingerprint density at radius 1 is 1.15 bits per heavy atom. The molecule has 2 aliphatic rings. The molecule has 1 heterocycles. The highest BCUT2D eigenvalue weighted by Gasteiger charge is 2.39.